The van der Waals surface area contributed by atoms with Crippen molar-refractivity contribution < 1.29 is 16.8 Å². The number of sulfonamides is 1. The van der Waals surface area contributed by atoms with Crippen molar-refractivity contribution in [3.8, 4) is 0 Å². The van der Waals surface area contributed by atoms with E-state index in [2.05, 4.69) is 5.32 Å². The average molecular weight is 319 g/mol. The summed E-state index contributed by atoms with van der Waals surface area (Å²) in [6.45, 7) is 1.76. The summed E-state index contributed by atoms with van der Waals surface area (Å²) in [7, 11) is -6.90. The SMILES string of the molecule is CC1(Nc2cc(S(N)(=O)=O)ccc2N)CCS(=O)(=O)C1. The Bertz CT molecular complexity index is 743. The smallest absolute Gasteiger partial charge is 0.238 e. The van der Waals surface area contributed by atoms with Crippen LogP contribution in [0.5, 0.6) is 0 Å². The Hall–Kier alpha value is -1.32. The van der Waals surface area contributed by atoms with Crippen molar-refractivity contribution in [1.29, 1.82) is 0 Å². The summed E-state index contributed by atoms with van der Waals surface area (Å²) in [5, 5.41) is 8.10. The molecule has 5 N–H and O–H groups in total. The Morgan fingerprint density at radius 3 is 2.50 bits per heavy atom. The van der Waals surface area contributed by atoms with Crippen molar-refractivity contribution in [3.05, 3.63) is 18.2 Å². The lowest BCUT2D eigenvalue weighted by Gasteiger charge is -2.26. The lowest BCUT2D eigenvalue weighted by molar-refractivity contribution is 0.573. The van der Waals surface area contributed by atoms with Crippen molar-refractivity contribution in [2.75, 3.05) is 22.6 Å². The Labute approximate surface area is 118 Å². The monoisotopic (exact) mass is 319 g/mol. The minimum absolute atomic E-state index is 0.0148. The largest absolute Gasteiger partial charge is 0.397 e. The highest BCUT2D eigenvalue weighted by Crippen LogP contribution is 2.31. The summed E-state index contributed by atoms with van der Waals surface area (Å²) >= 11 is 0. The first-order valence-corrected chi connectivity index (χ1v) is 9.29. The highest BCUT2D eigenvalue weighted by molar-refractivity contribution is 7.91. The van der Waals surface area contributed by atoms with Crippen molar-refractivity contribution in [1.82, 2.24) is 0 Å². The van der Waals surface area contributed by atoms with E-state index in [1.807, 2.05) is 0 Å². The van der Waals surface area contributed by atoms with Gasteiger partial charge >= 0.3 is 0 Å². The number of primary sulfonamides is 1. The highest BCUT2D eigenvalue weighted by atomic mass is 32.2. The molecular formula is C11H17N3O4S2. The molecular weight excluding hydrogens is 302 g/mol. The third kappa shape index (κ3) is 3.22. The van der Waals surface area contributed by atoms with E-state index in [4.69, 9.17) is 10.9 Å². The summed E-state index contributed by atoms with van der Waals surface area (Å²) in [4.78, 5) is -0.0707. The molecule has 0 radical (unpaired) electrons. The molecule has 0 aliphatic carbocycles. The Morgan fingerprint density at radius 2 is 2.00 bits per heavy atom. The molecule has 1 aromatic carbocycles. The number of sulfone groups is 1. The first-order valence-electron chi connectivity index (χ1n) is 5.92. The summed E-state index contributed by atoms with van der Waals surface area (Å²) in [5.41, 5.74) is 5.83. The molecule has 2 rings (SSSR count). The van der Waals surface area contributed by atoms with Gasteiger partial charge in [-0.15, -0.1) is 0 Å². The van der Waals surface area contributed by atoms with Gasteiger partial charge in [0.05, 0.1) is 27.8 Å². The Balaban J connectivity index is 2.35. The number of hydrogen-bond donors (Lipinski definition) is 3. The summed E-state index contributed by atoms with van der Waals surface area (Å²) in [5.74, 6) is 0.0876. The first kappa shape index (κ1) is 15.1. The van der Waals surface area contributed by atoms with E-state index >= 15 is 0 Å². The van der Waals surface area contributed by atoms with E-state index in [9.17, 15) is 16.8 Å². The maximum Gasteiger partial charge on any atom is 0.238 e. The number of nitrogens with two attached hydrogens (primary N) is 2. The molecule has 1 aliphatic rings. The van der Waals surface area contributed by atoms with E-state index in [1.54, 1.807) is 6.92 Å². The molecule has 1 aromatic rings. The second-order valence-corrected chi connectivity index (χ2v) is 9.07. The predicted molar refractivity (Wildman–Crippen MR) is 77.5 cm³/mol. The Morgan fingerprint density at radius 1 is 1.35 bits per heavy atom. The molecule has 1 atom stereocenters. The van der Waals surface area contributed by atoms with Crippen LogP contribution < -0.4 is 16.2 Å². The molecule has 7 nitrogen and oxygen atoms in total. The van der Waals surface area contributed by atoms with E-state index in [0.29, 0.717) is 17.8 Å². The van der Waals surface area contributed by atoms with Crippen LogP contribution in [0.3, 0.4) is 0 Å². The van der Waals surface area contributed by atoms with Crippen LogP contribution in [0.2, 0.25) is 0 Å². The van der Waals surface area contributed by atoms with Crippen molar-refractivity contribution >= 4 is 31.2 Å². The number of anilines is 2. The quantitative estimate of drug-likeness (QED) is 0.667. The molecule has 1 aliphatic heterocycles. The number of rotatable bonds is 3. The van der Waals surface area contributed by atoms with Gasteiger partial charge in [0.15, 0.2) is 9.84 Å². The van der Waals surface area contributed by atoms with Gasteiger partial charge in [-0.2, -0.15) is 0 Å². The zero-order valence-electron chi connectivity index (χ0n) is 11.0. The Kier molecular flexibility index (Phi) is 3.47. The summed E-state index contributed by atoms with van der Waals surface area (Å²) in [6.07, 6.45) is 0.439. The van der Waals surface area contributed by atoms with E-state index < -0.39 is 25.4 Å². The van der Waals surface area contributed by atoms with Gasteiger partial charge in [0.25, 0.3) is 0 Å². The summed E-state index contributed by atoms with van der Waals surface area (Å²) in [6, 6.07) is 4.05. The maximum absolute atomic E-state index is 11.6. The standard InChI is InChI=1S/C11H17N3O4S2/c1-11(4-5-19(15,16)7-11)14-10-6-8(20(13,17)18)2-3-9(10)12/h2-3,6,14H,4-5,7,12H2,1H3,(H2,13,17,18). The molecule has 9 heteroatoms. The second-order valence-electron chi connectivity index (χ2n) is 5.32. The number of hydrogen-bond acceptors (Lipinski definition) is 6. The lowest BCUT2D eigenvalue weighted by Crippen LogP contribution is -2.36. The van der Waals surface area contributed by atoms with Gasteiger partial charge in [-0.25, -0.2) is 22.0 Å². The fourth-order valence-corrected chi connectivity index (χ4v) is 4.89. The van der Waals surface area contributed by atoms with Gasteiger partial charge in [-0.3, -0.25) is 0 Å². The van der Waals surface area contributed by atoms with Gasteiger partial charge in [0.2, 0.25) is 10.0 Å². The number of nitrogens with one attached hydrogen (secondary N) is 1. The van der Waals surface area contributed by atoms with Crippen LogP contribution in [0, 0.1) is 0 Å². The van der Waals surface area contributed by atoms with Gasteiger partial charge < -0.3 is 11.1 Å². The van der Waals surface area contributed by atoms with Crippen LogP contribution >= 0.6 is 0 Å². The topological polar surface area (TPSA) is 132 Å². The summed E-state index contributed by atoms with van der Waals surface area (Å²) < 4.78 is 45.8. The van der Waals surface area contributed by atoms with Gasteiger partial charge in [-0.05, 0) is 31.5 Å². The van der Waals surface area contributed by atoms with E-state index in [0.717, 1.165) is 0 Å². The van der Waals surface area contributed by atoms with E-state index in [-0.39, 0.29) is 16.4 Å². The predicted octanol–water partition coefficient (Wildman–Crippen LogP) is -0.0947. The minimum Gasteiger partial charge on any atom is -0.397 e. The zero-order valence-corrected chi connectivity index (χ0v) is 12.6. The lowest BCUT2D eigenvalue weighted by atomic mass is 10.0. The minimum atomic E-state index is -3.83. The molecule has 20 heavy (non-hydrogen) atoms. The molecule has 0 bridgehead atoms. The van der Waals surface area contributed by atoms with Crippen molar-refractivity contribution in [2.24, 2.45) is 5.14 Å². The van der Waals surface area contributed by atoms with Crippen molar-refractivity contribution in [3.63, 3.8) is 0 Å². The van der Waals surface area contributed by atoms with Crippen LogP contribution in [-0.4, -0.2) is 33.9 Å². The fraction of sp³-hybridized carbons (Fsp3) is 0.455. The van der Waals surface area contributed by atoms with Crippen LogP contribution in [0.1, 0.15) is 13.3 Å². The van der Waals surface area contributed by atoms with Gasteiger partial charge in [0.1, 0.15) is 0 Å². The molecule has 0 spiro atoms. The van der Waals surface area contributed by atoms with Crippen LogP contribution in [0.25, 0.3) is 0 Å². The molecule has 1 fully saturated rings. The average Bonchev–Trinajstić information content (AvgIpc) is 2.55. The number of nitrogen functional groups attached to an aromatic ring is 1. The van der Waals surface area contributed by atoms with E-state index in [1.165, 1.54) is 18.2 Å². The third-order valence-corrected chi connectivity index (χ3v) is 6.11. The molecule has 0 amide bonds. The fourth-order valence-electron chi connectivity index (χ4n) is 2.25. The normalized spacial score (nSPS) is 25.5. The molecule has 0 saturated carbocycles. The van der Waals surface area contributed by atoms with Crippen LogP contribution in [0.15, 0.2) is 23.1 Å². The first-order chi connectivity index (χ1) is 9.01. The molecule has 1 unspecified atom stereocenters. The van der Waals surface area contributed by atoms with Gasteiger partial charge in [0, 0.05) is 5.54 Å². The second kappa shape index (κ2) is 4.61. The van der Waals surface area contributed by atoms with Crippen LogP contribution in [-0.2, 0) is 19.9 Å². The highest BCUT2D eigenvalue weighted by Gasteiger charge is 2.38. The third-order valence-electron chi connectivity index (χ3n) is 3.29. The molecule has 0 aromatic heterocycles. The molecule has 1 saturated heterocycles. The molecule has 1 heterocycles. The maximum atomic E-state index is 11.6. The molecule has 112 valence electrons. The van der Waals surface area contributed by atoms with Gasteiger partial charge in [-0.1, -0.05) is 0 Å². The zero-order chi connectivity index (χ0) is 15.2. The van der Waals surface area contributed by atoms with Crippen LogP contribution in [0.4, 0.5) is 11.4 Å². The van der Waals surface area contributed by atoms with Crippen molar-refractivity contribution in [2.45, 2.75) is 23.8 Å². The number of benzene rings is 1.